The van der Waals surface area contributed by atoms with E-state index in [1.165, 1.54) is 24.8 Å². The highest BCUT2D eigenvalue weighted by molar-refractivity contribution is 5.33. The van der Waals surface area contributed by atoms with Crippen LogP contribution in [0.25, 0.3) is 0 Å². The van der Waals surface area contributed by atoms with Crippen molar-refractivity contribution in [2.75, 3.05) is 7.11 Å². The van der Waals surface area contributed by atoms with Crippen LogP contribution in [0.2, 0.25) is 0 Å². The number of hydrogen-bond acceptors (Lipinski definition) is 2. The van der Waals surface area contributed by atoms with E-state index in [0.29, 0.717) is 5.41 Å². The third-order valence-corrected chi connectivity index (χ3v) is 4.37. The molecule has 0 spiro atoms. The molecule has 18 heavy (non-hydrogen) atoms. The van der Waals surface area contributed by atoms with Gasteiger partial charge in [-0.3, -0.25) is 0 Å². The Balaban J connectivity index is 2.24. The summed E-state index contributed by atoms with van der Waals surface area (Å²) in [5.41, 5.74) is 8.14. The molecule has 2 N–H and O–H groups in total. The van der Waals surface area contributed by atoms with Crippen molar-refractivity contribution >= 4 is 0 Å². The molecule has 0 amide bonds. The molecule has 0 bridgehead atoms. The molecule has 1 aromatic rings. The normalized spacial score (nSPS) is 27.6. The summed E-state index contributed by atoms with van der Waals surface area (Å²) >= 11 is 0. The molecule has 1 atom stereocenters. The lowest BCUT2D eigenvalue weighted by molar-refractivity contribution is 0.299. The van der Waals surface area contributed by atoms with Gasteiger partial charge in [0.1, 0.15) is 5.75 Å². The molecule has 1 aliphatic carbocycles. The first kappa shape index (κ1) is 13.4. The van der Waals surface area contributed by atoms with Gasteiger partial charge in [-0.25, -0.2) is 0 Å². The molecule has 0 radical (unpaired) electrons. The van der Waals surface area contributed by atoms with Crippen molar-refractivity contribution in [2.24, 2.45) is 11.1 Å². The molecule has 0 saturated heterocycles. The second kappa shape index (κ2) is 4.93. The van der Waals surface area contributed by atoms with Gasteiger partial charge in [-0.15, -0.1) is 0 Å². The van der Waals surface area contributed by atoms with Crippen LogP contribution in [-0.2, 0) is 5.54 Å². The highest BCUT2D eigenvalue weighted by atomic mass is 16.5. The van der Waals surface area contributed by atoms with E-state index in [4.69, 9.17) is 10.5 Å². The fraction of sp³-hybridized carbons (Fsp3) is 0.625. The Kier molecular flexibility index (Phi) is 3.67. The SMILES string of the molecule is COc1cccc(C2(N)CCCC(C)(C)CC2)c1. The van der Waals surface area contributed by atoms with Gasteiger partial charge in [-0.1, -0.05) is 32.4 Å². The van der Waals surface area contributed by atoms with E-state index < -0.39 is 0 Å². The summed E-state index contributed by atoms with van der Waals surface area (Å²) in [6.07, 6.45) is 5.81. The van der Waals surface area contributed by atoms with Crippen molar-refractivity contribution < 1.29 is 4.74 Å². The van der Waals surface area contributed by atoms with Gasteiger partial charge in [0.05, 0.1) is 7.11 Å². The summed E-state index contributed by atoms with van der Waals surface area (Å²) in [5.74, 6) is 0.904. The second-order valence-corrected chi connectivity index (χ2v) is 6.41. The highest BCUT2D eigenvalue weighted by Crippen LogP contribution is 2.41. The second-order valence-electron chi connectivity index (χ2n) is 6.41. The van der Waals surface area contributed by atoms with Crippen molar-refractivity contribution in [3.8, 4) is 5.75 Å². The fourth-order valence-electron chi connectivity index (χ4n) is 2.92. The number of methoxy groups -OCH3 is 1. The molecule has 2 heteroatoms. The predicted molar refractivity (Wildman–Crippen MR) is 75.7 cm³/mol. The van der Waals surface area contributed by atoms with Crippen molar-refractivity contribution in [1.29, 1.82) is 0 Å². The molecule has 1 fully saturated rings. The van der Waals surface area contributed by atoms with Gasteiger partial charge < -0.3 is 10.5 Å². The number of ether oxygens (including phenoxy) is 1. The molecular formula is C16H25NO. The Morgan fingerprint density at radius 2 is 1.89 bits per heavy atom. The van der Waals surface area contributed by atoms with Crippen molar-refractivity contribution in [2.45, 2.75) is 51.5 Å². The number of benzene rings is 1. The van der Waals surface area contributed by atoms with Crippen LogP contribution in [0.1, 0.15) is 51.5 Å². The van der Waals surface area contributed by atoms with Crippen LogP contribution in [0.5, 0.6) is 5.75 Å². The van der Waals surface area contributed by atoms with Gasteiger partial charge in [0.25, 0.3) is 0 Å². The Bertz CT molecular complexity index is 413. The molecule has 2 nitrogen and oxygen atoms in total. The van der Waals surface area contributed by atoms with E-state index in [1.807, 2.05) is 12.1 Å². The van der Waals surface area contributed by atoms with Crippen LogP contribution in [-0.4, -0.2) is 7.11 Å². The molecule has 2 rings (SSSR count). The van der Waals surface area contributed by atoms with E-state index in [9.17, 15) is 0 Å². The minimum absolute atomic E-state index is 0.178. The first-order valence-corrected chi connectivity index (χ1v) is 6.89. The third kappa shape index (κ3) is 2.86. The molecule has 1 aromatic carbocycles. The van der Waals surface area contributed by atoms with Gasteiger partial charge in [0, 0.05) is 5.54 Å². The molecule has 1 aliphatic rings. The standard InChI is InChI=1S/C16H25NO/c1-15(2)8-5-9-16(17,11-10-15)13-6-4-7-14(12-13)18-3/h4,6-7,12H,5,8-11,17H2,1-3H3. The van der Waals surface area contributed by atoms with Crippen LogP contribution < -0.4 is 10.5 Å². The van der Waals surface area contributed by atoms with Gasteiger partial charge >= 0.3 is 0 Å². The first-order valence-electron chi connectivity index (χ1n) is 6.89. The maximum Gasteiger partial charge on any atom is 0.119 e. The minimum Gasteiger partial charge on any atom is -0.497 e. The summed E-state index contributed by atoms with van der Waals surface area (Å²) in [7, 11) is 1.71. The van der Waals surface area contributed by atoms with E-state index in [0.717, 1.165) is 18.6 Å². The Labute approximate surface area is 111 Å². The van der Waals surface area contributed by atoms with Crippen LogP contribution in [0, 0.1) is 5.41 Å². The maximum atomic E-state index is 6.67. The predicted octanol–water partition coefficient (Wildman–Crippen LogP) is 3.84. The van der Waals surface area contributed by atoms with Crippen molar-refractivity contribution in [3.63, 3.8) is 0 Å². The summed E-state index contributed by atoms with van der Waals surface area (Å²) in [5, 5.41) is 0. The van der Waals surface area contributed by atoms with Crippen LogP contribution in [0.3, 0.4) is 0 Å². The molecule has 0 aromatic heterocycles. The lowest BCUT2D eigenvalue weighted by atomic mass is 9.81. The smallest absolute Gasteiger partial charge is 0.119 e. The zero-order valence-electron chi connectivity index (χ0n) is 11.8. The van der Waals surface area contributed by atoms with E-state index in [-0.39, 0.29) is 5.54 Å². The number of rotatable bonds is 2. The van der Waals surface area contributed by atoms with Crippen LogP contribution in [0.4, 0.5) is 0 Å². The van der Waals surface area contributed by atoms with Crippen molar-refractivity contribution in [3.05, 3.63) is 29.8 Å². The number of nitrogens with two attached hydrogens (primary N) is 1. The molecule has 1 saturated carbocycles. The largest absolute Gasteiger partial charge is 0.497 e. The number of hydrogen-bond donors (Lipinski definition) is 1. The average Bonchev–Trinajstić information content (AvgIpc) is 2.50. The first-order chi connectivity index (χ1) is 8.45. The van der Waals surface area contributed by atoms with E-state index >= 15 is 0 Å². The molecular weight excluding hydrogens is 222 g/mol. The van der Waals surface area contributed by atoms with E-state index in [2.05, 4.69) is 26.0 Å². The fourth-order valence-corrected chi connectivity index (χ4v) is 2.92. The topological polar surface area (TPSA) is 35.2 Å². The summed E-state index contributed by atoms with van der Waals surface area (Å²) < 4.78 is 5.31. The van der Waals surface area contributed by atoms with E-state index in [1.54, 1.807) is 7.11 Å². The highest BCUT2D eigenvalue weighted by Gasteiger charge is 2.33. The lowest BCUT2D eigenvalue weighted by Crippen LogP contribution is -2.36. The third-order valence-electron chi connectivity index (χ3n) is 4.37. The molecule has 0 heterocycles. The zero-order chi connectivity index (χ0) is 13.2. The molecule has 1 unspecified atom stereocenters. The van der Waals surface area contributed by atoms with Gasteiger partial charge in [0.15, 0.2) is 0 Å². The van der Waals surface area contributed by atoms with Crippen LogP contribution in [0.15, 0.2) is 24.3 Å². The van der Waals surface area contributed by atoms with Gasteiger partial charge in [-0.2, -0.15) is 0 Å². The summed E-state index contributed by atoms with van der Waals surface area (Å²) in [4.78, 5) is 0. The van der Waals surface area contributed by atoms with Crippen LogP contribution >= 0.6 is 0 Å². The minimum atomic E-state index is -0.178. The van der Waals surface area contributed by atoms with Gasteiger partial charge in [0.2, 0.25) is 0 Å². The Hall–Kier alpha value is -1.02. The quantitative estimate of drug-likeness (QED) is 0.806. The Morgan fingerprint density at radius 3 is 2.61 bits per heavy atom. The molecule has 0 aliphatic heterocycles. The monoisotopic (exact) mass is 247 g/mol. The summed E-state index contributed by atoms with van der Waals surface area (Å²) in [6.45, 7) is 4.70. The zero-order valence-corrected chi connectivity index (χ0v) is 11.8. The van der Waals surface area contributed by atoms with Crippen molar-refractivity contribution in [1.82, 2.24) is 0 Å². The molecule has 100 valence electrons. The maximum absolute atomic E-state index is 6.67. The summed E-state index contributed by atoms with van der Waals surface area (Å²) in [6, 6.07) is 8.26. The van der Waals surface area contributed by atoms with Gasteiger partial charge in [-0.05, 0) is 48.8 Å². The Morgan fingerprint density at radius 1 is 1.11 bits per heavy atom. The average molecular weight is 247 g/mol. The lowest BCUT2D eigenvalue weighted by Gasteiger charge is -2.30.